The van der Waals surface area contributed by atoms with Crippen LogP contribution >= 0.6 is 0 Å². The highest BCUT2D eigenvalue weighted by Crippen LogP contribution is 2.22. The molecule has 2 aromatic rings. The second kappa shape index (κ2) is 6.28. The third-order valence-electron chi connectivity index (χ3n) is 2.96. The fourth-order valence-electron chi connectivity index (χ4n) is 1.76. The van der Waals surface area contributed by atoms with E-state index in [0.29, 0.717) is 12.3 Å². The van der Waals surface area contributed by atoms with Crippen molar-refractivity contribution in [3.05, 3.63) is 47.5 Å². The SMILES string of the molecule is CCNCc1ccc(S(=O)(=O)Nc2cccc(F)c2C)o1. The molecule has 0 saturated heterocycles. The Labute approximate surface area is 123 Å². The fourth-order valence-corrected chi connectivity index (χ4v) is 2.83. The Kier molecular flexibility index (Phi) is 4.64. The van der Waals surface area contributed by atoms with Crippen LogP contribution < -0.4 is 10.0 Å². The van der Waals surface area contributed by atoms with Crippen LogP contribution in [-0.4, -0.2) is 15.0 Å². The first kappa shape index (κ1) is 15.5. The van der Waals surface area contributed by atoms with Crippen molar-refractivity contribution < 1.29 is 17.2 Å². The molecule has 0 aliphatic heterocycles. The Morgan fingerprint density at radius 1 is 1.24 bits per heavy atom. The number of hydrogen-bond donors (Lipinski definition) is 2. The molecule has 2 N–H and O–H groups in total. The number of sulfonamides is 1. The quantitative estimate of drug-likeness (QED) is 0.860. The molecule has 1 heterocycles. The van der Waals surface area contributed by atoms with Gasteiger partial charge in [-0.1, -0.05) is 13.0 Å². The molecule has 0 unspecified atom stereocenters. The third kappa shape index (κ3) is 3.62. The number of anilines is 1. The molecule has 114 valence electrons. The second-order valence-electron chi connectivity index (χ2n) is 4.52. The molecule has 0 aliphatic rings. The van der Waals surface area contributed by atoms with Crippen molar-refractivity contribution in [3.8, 4) is 0 Å². The molecule has 21 heavy (non-hydrogen) atoms. The van der Waals surface area contributed by atoms with Crippen molar-refractivity contribution in [1.82, 2.24) is 5.32 Å². The Morgan fingerprint density at radius 2 is 2.00 bits per heavy atom. The van der Waals surface area contributed by atoms with Gasteiger partial charge in [0.15, 0.2) is 0 Å². The standard InChI is InChI=1S/C14H17FN2O3S/c1-3-16-9-11-7-8-14(20-11)21(18,19)17-13-6-4-5-12(15)10(13)2/h4-8,16-17H,3,9H2,1-2H3. The van der Waals surface area contributed by atoms with Gasteiger partial charge in [0, 0.05) is 5.56 Å². The molecule has 1 aromatic heterocycles. The van der Waals surface area contributed by atoms with Crippen LogP contribution in [0.25, 0.3) is 0 Å². The van der Waals surface area contributed by atoms with Crippen LogP contribution in [-0.2, 0) is 16.6 Å². The monoisotopic (exact) mass is 312 g/mol. The van der Waals surface area contributed by atoms with Gasteiger partial charge in [-0.15, -0.1) is 0 Å². The van der Waals surface area contributed by atoms with E-state index in [1.807, 2.05) is 6.92 Å². The molecule has 1 aromatic carbocycles. The summed E-state index contributed by atoms with van der Waals surface area (Å²) in [4.78, 5) is 0. The maximum absolute atomic E-state index is 13.4. The molecule has 2 rings (SSSR count). The smallest absolute Gasteiger partial charge is 0.295 e. The molecule has 0 fully saturated rings. The van der Waals surface area contributed by atoms with E-state index in [4.69, 9.17) is 4.42 Å². The molecule has 7 heteroatoms. The predicted octanol–water partition coefficient (Wildman–Crippen LogP) is 2.64. The van der Waals surface area contributed by atoms with E-state index in [9.17, 15) is 12.8 Å². The van der Waals surface area contributed by atoms with Gasteiger partial charge in [0.1, 0.15) is 11.6 Å². The number of furan rings is 1. The average Bonchev–Trinajstić information content (AvgIpc) is 2.91. The van der Waals surface area contributed by atoms with Gasteiger partial charge in [-0.25, -0.2) is 4.39 Å². The maximum Gasteiger partial charge on any atom is 0.295 e. The lowest BCUT2D eigenvalue weighted by molar-refractivity contribution is 0.405. The minimum atomic E-state index is -3.87. The van der Waals surface area contributed by atoms with E-state index in [2.05, 4.69) is 10.0 Å². The first-order chi connectivity index (χ1) is 9.94. The van der Waals surface area contributed by atoms with E-state index < -0.39 is 15.8 Å². The molecular formula is C14H17FN2O3S. The molecule has 0 atom stereocenters. The zero-order valence-corrected chi connectivity index (χ0v) is 12.6. The summed E-state index contributed by atoms with van der Waals surface area (Å²) in [5.41, 5.74) is 0.431. The molecular weight excluding hydrogens is 295 g/mol. The normalized spacial score (nSPS) is 11.6. The van der Waals surface area contributed by atoms with Crippen molar-refractivity contribution in [2.75, 3.05) is 11.3 Å². The number of rotatable bonds is 6. The molecule has 0 amide bonds. The number of hydrogen-bond acceptors (Lipinski definition) is 4. The zero-order valence-electron chi connectivity index (χ0n) is 11.8. The number of nitrogens with one attached hydrogen (secondary N) is 2. The van der Waals surface area contributed by atoms with Crippen LogP contribution in [0.4, 0.5) is 10.1 Å². The minimum absolute atomic E-state index is 0.194. The topological polar surface area (TPSA) is 71.3 Å². The number of benzene rings is 1. The maximum atomic E-state index is 13.4. The van der Waals surface area contributed by atoms with Crippen LogP contribution in [0.3, 0.4) is 0 Å². The second-order valence-corrected chi connectivity index (χ2v) is 6.13. The van der Waals surface area contributed by atoms with E-state index in [0.717, 1.165) is 6.54 Å². The van der Waals surface area contributed by atoms with Gasteiger partial charge in [0.2, 0.25) is 5.09 Å². The predicted molar refractivity (Wildman–Crippen MR) is 78.0 cm³/mol. The summed E-state index contributed by atoms with van der Waals surface area (Å²) in [6.45, 7) is 4.65. The Bertz CT molecular complexity index is 726. The van der Waals surface area contributed by atoms with Gasteiger partial charge in [0.05, 0.1) is 12.2 Å². The molecule has 0 aliphatic carbocycles. The molecule has 0 bridgehead atoms. The van der Waals surface area contributed by atoms with Crippen LogP contribution in [0, 0.1) is 12.7 Å². The van der Waals surface area contributed by atoms with Gasteiger partial charge in [-0.3, -0.25) is 4.72 Å². The third-order valence-corrected chi connectivity index (χ3v) is 4.20. The first-order valence-electron chi connectivity index (χ1n) is 6.51. The summed E-state index contributed by atoms with van der Waals surface area (Å²) in [5.74, 6) is 0.0515. The minimum Gasteiger partial charge on any atom is -0.446 e. The van der Waals surface area contributed by atoms with Crippen molar-refractivity contribution in [2.24, 2.45) is 0 Å². The molecule has 0 radical (unpaired) electrons. The molecule has 5 nitrogen and oxygen atoms in total. The summed E-state index contributed by atoms with van der Waals surface area (Å²) in [5, 5.41) is 2.84. The highest BCUT2D eigenvalue weighted by atomic mass is 32.2. The largest absolute Gasteiger partial charge is 0.446 e. The summed E-state index contributed by atoms with van der Waals surface area (Å²) in [6, 6.07) is 7.19. The van der Waals surface area contributed by atoms with Gasteiger partial charge in [-0.05, 0) is 37.7 Å². The summed E-state index contributed by atoms with van der Waals surface area (Å²) in [6.07, 6.45) is 0. The summed E-state index contributed by atoms with van der Waals surface area (Å²) >= 11 is 0. The van der Waals surface area contributed by atoms with Gasteiger partial charge in [-0.2, -0.15) is 8.42 Å². The van der Waals surface area contributed by atoms with Crippen LogP contribution in [0.15, 0.2) is 39.8 Å². The average molecular weight is 312 g/mol. The van der Waals surface area contributed by atoms with Crippen LogP contribution in [0.2, 0.25) is 0 Å². The zero-order chi connectivity index (χ0) is 15.5. The van der Waals surface area contributed by atoms with E-state index in [1.165, 1.54) is 31.2 Å². The Hall–Kier alpha value is -1.86. The van der Waals surface area contributed by atoms with Gasteiger partial charge < -0.3 is 9.73 Å². The summed E-state index contributed by atoms with van der Waals surface area (Å²) in [7, 11) is -3.87. The lowest BCUT2D eigenvalue weighted by Crippen LogP contribution is -2.14. The first-order valence-corrected chi connectivity index (χ1v) is 7.99. The fraction of sp³-hybridized carbons (Fsp3) is 0.286. The van der Waals surface area contributed by atoms with Gasteiger partial charge in [0.25, 0.3) is 10.0 Å². The van der Waals surface area contributed by atoms with Crippen LogP contribution in [0.5, 0.6) is 0 Å². The highest BCUT2D eigenvalue weighted by Gasteiger charge is 2.20. The van der Waals surface area contributed by atoms with E-state index in [-0.39, 0.29) is 16.3 Å². The highest BCUT2D eigenvalue weighted by molar-refractivity contribution is 7.92. The Morgan fingerprint density at radius 3 is 2.71 bits per heavy atom. The van der Waals surface area contributed by atoms with Crippen molar-refractivity contribution in [3.63, 3.8) is 0 Å². The molecule has 0 saturated carbocycles. The molecule has 0 spiro atoms. The number of halogens is 1. The van der Waals surface area contributed by atoms with Gasteiger partial charge >= 0.3 is 0 Å². The summed E-state index contributed by atoms with van der Waals surface area (Å²) < 4.78 is 45.5. The van der Waals surface area contributed by atoms with Crippen LogP contribution in [0.1, 0.15) is 18.2 Å². The van der Waals surface area contributed by atoms with Crippen molar-refractivity contribution >= 4 is 15.7 Å². The van der Waals surface area contributed by atoms with Crippen molar-refractivity contribution in [1.29, 1.82) is 0 Å². The van der Waals surface area contributed by atoms with Crippen molar-refractivity contribution in [2.45, 2.75) is 25.5 Å². The lowest BCUT2D eigenvalue weighted by Gasteiger charge is -2.09. The van der Waals surface area contributed by atoms with E-state index >= 15 is 0 Å². The lowest BCUT2D eigenvalue weighted by atomic mass is 10.2. The Balaban J connectivity index is 2.22. The van der Waals surface area contributed by atoms with E-state index in [1.54, 1.807) is 6.07 Å².